The molecule has 4 rings (SSSR count). The van der Waals surface area contributed by atoms with Gasteiger partial charge in [0.25, 0.3) is 11.8 Å². The van der Waals surface area contributed by atoms with Gasteiger partial charge in [-0.15, -0.1) is 0 Å². The molecule has 2 amide bonds. The molecule has 2 heterocycles. The largest absolute Gasteiger partial charge is 0.319 e. The number of amides is 2. The second-order valence-electron chi connectivity index (χ2n) is 7.73. The van der Waals surface area contributed by atoms with Crippen molar-refractivity contribution in [1.29, 1.82) is 0 Å². The maximum atomic E-state index is 13.4. The Kier molecular flexibility index (Phi) is 6.68. The molecular weight excluding hydrogens is 428 g/mol. The van der Waals surface area contributed by atoms with Crippen LogP contribution in [-0.2, 0) is 18.4 Å². The predicted octanol–water partition coefficient (Wildman–Crippen LogP) is 4.38. The van der Waals surface area contributed by atoms with Gasteiger partial charge in [-0.3, -0.25) is 19.0 Å². The molecule has 2 N–H and O–H groups in total. The van der Waals surface area contributed by atoms with Crippen molar-refractivity contribution < 1.29 is 9.59 Å². The minimum Gasteiger partial charge on any atom is -0.319 e. The van der Waals surface area contributed by atoms with E-state index in [2.05, 4.69) is 20.8 Å². The molecule has 0 saturated carbocycles. The van der Waals surface area contributed by atoms with Crippen molar-refractivity contribution in [3.8, 4) is 0 Å². The van der Waals surface area contributed by atoms with Crippen LogP contribution in [0.4, 0.5) is 11.4 Å². The summed E-state index contributed by atoms with van der Waals surface area (Å²) in [6.45, 7) is 4.22. The molecule has 0 radical (unpaired) electrons. The van der Waals surface area contributed by atoms with Gasteiger partial charge in [0.05, 0.1) is 29.5 Å². The molecular formula is C26H26N6O2. The van der Waals surface area contributed by atoms with Crippen molar-refractivity contribution in [2.24, 2.45) is 7.05 Å². The van der Waals surface area contributed by atoms with E-state index in [1.54, 1.807) is 22.6 Å². The first kappa shape index (κ1) is 22.7. The van der Waals surface area contributed by atoms with Crippen molar-refractivity contribution in [3.05, 3.63) is 95.6 Å². The van der Waals surface area contributed by atoms with Crippen LogP contribution in [0.1, 0.15) is 34.2 Å². The zero-order valence-corrected chi connectivity index (χ0v) is 19.3. The van der Waals surface area contributed by atoms with Crippen LogP contribution in [0.15, 0.2) is 73.1 Å². The average Bonchev–Trinajstić information content (AvgIpc) is 3.41. The van der Waals surface area contributed by atoms with Crippen molar-refractivity contribution in [2.45, 2.75) is 20.4 Å². The van der Waals surface area contributed by atoms with Crippen molar-refractivity contribution in [1.82, 2.24) is 19.6 Å². The Morgan fingerprint density at radius 3 is 2.18 bits per heavy atom. The lowest BCUT2D eigenvalue weighted by Gasteiger charge is -2.12. The Bertz CT molecular complexity index is 1340. The number of carbonyl (C=O) groups is 2. The van der Waals surface area contributed by atoms with Crippen LogP contribution < -0.4 is 10.6 Å². The molecule has 8 heteroatoms. The number of benzene rings is 2. The first-order chi connectivity index (χ1) is 16.5. The second-order valence-corrected chi connectivity index (χ2v) is 7.73. The minimum absolute atomic E-state index is 0.270. The van der Waals surface area contributed by atoms with Crippen molar-refractivity contribution in [3.63, 3.8) is 0 Å². The number of anilines is 2. The summed E-state index contributed by atoms with van der Waals surface area (Å²) in [7, 11) is 1.80. The molecule has 8 nitrogen and oxygen atoms in total. The molecule has 2 aromatic carbocycles. The molecule has 172 valence electrons. The Morgan fingerprint density at radius 2 is 1.56 bits per heavy atom. The summed E-state index contributed by atoms with van der Waals surface area (Å²) >= 11 is 0. The number of hydrogen-bond acceptors (Lipinski definition) is 4. The fraction of sp³-hybridized carbons (Fsp3) is 0.154. The van der Waals surface area contributed by atoms with Crippen LogP contribution in [0.5, 0.6) is 0 Å². The van der Waals surface area contributed by atoms with Gasteiger partial charge in [-0.2, -0.15) is 10.2 Å². The number of aryl methyl sites for hydroxylation is 2. The predicted molar refractivity (Wildman–Crippen MR) is 133 cm³/mol. The summed E-state index contributed by atoms with van der Waals surface area (Å²) in [6.07, 6.45) is 4.92. The van der Waals surface area contributed by atoms with Gasteiger partial charge < -0.3 is 10.6 Å². The Hall–Kier alpha value is -4.46. The first-order valence-electron chi connectivity index (χ1n) is 11.0. The molecule has 0 aliphatic carbocycles. The fourth-order valence-corrected chi connectivity index (χ4v) is 3.56. The fourth-order valence-electron chi connectivity index (χ4n) is 3.56. The maximum absolute atomic E-state index is 13.4. The van der Waals surface area contributed by atoms with E-state index in [4.69, 9.17) is 0 Å². The van der Waals surface area contributed by atoms with E-state index in [9.17, 15) is 9.59 Å². The van der Waals surface area contributed by atoms with Crippen molar-refractivity contribution >= 4 is 34.8 Å². The van der Waals surface area contributed by atoms with Crippen LogP contribution >= 0.6 is 0 Å². The molecule has 0 spiro atoms. The van der Waals surface area contributed by atoms with E-state index >= 15 is 0 Å². The number of nitrogens with zero attached hydrogens (tertiary/aromatic N) is 4. The topological polar surface area (TPSA) is 93.8 Å². The van der Waals surface area contributed by atoms with Gasteiger partial charge in [0.15, 0.2) is 0 Å². The highest BCUT2D eigenvalue weighted by Crippen LogP contribution is 2.24. The summed E-state index contributed by atoms with van der Waals surface area (Å²) < 4.78 is 3.23. The van der Waals surface area contributed by atoms with Gasteiger partial charge in [0.1, 0.15) is 5.69 Å². The van der Waals surface area contributed by atoms with E-state index in [0.717, 1.165) is 16.8 Å². The highest BCUT2D eigenvalue weighted by atomic mass is 16.2. The second kappa shape index (κ2) is 9.99. The summed E-state index contributed by atoms with van der Waals surface area (Å²) in [6, 6.07) is 19.0. The third kappa shape index (κ3) is 4.80. The number of nitrogens with one attached hydrogen (secondary N) is 2. The average molecular weight is 455 g/mol. The van der Waals surface area contributed by atoms with E-state index < -0.39 is 0 Å². The smallest absolute Gasteiger partial charge is 0.276 e. The van der Waals surface area contributed by atoms with E-state index in [0.29, 0.717) is 23.5 Å². The van der Waals surface area contributed by atoms with Gasteiger partial charge in [-0.1, -0.05) is 60.7 Å². The summed E-state index contributed by atoms with van der Waals surface area (Å²) in [4.78, 5) is 26.6. The zero-order valence-electron chi connectivity index (χ0n) is 19.3. The number of hydrogen-bond donors (Lipinski definition) is 2. The van der Waals surface area contributed by atoms with Crippen LogP contribution in [-0.4, -0.2) is 31.4 Å². The molecule has 2 aromatic heterocycles. The minimum atomic E-state index is -0.376. The highest BCUT2D eigenvalue weighted by molar-refractivity contribution is 6.29. The molecule has 0 saturated heterocycles. The molecule has 34 heavy (non-hydrogen) atoms. The standard InChI is InChI=1S/C26H26N6O2/c1-4-32-24(26(34)29-22-16-27-31(3)18(22)2)23(17-28-32)30-25(33)21(20-13-9-6-10-14-20)15-19-11-7-5-8-12-19/h5-17H,4H2,1-3H3,(H,29,34)(H,30,33)/b21-15-. The van der Waals surface area contributed by atoms with Gasteiger partial charge in [0.2, 0.25) is 0 Å². The lowest BCUT2D eigenvalue weighted by Crippen LogP contribution is -2.21. The molecule has 0 unspecified atom stereocenters. The van der Waals surface area contributed by atoms with Crippen LogP contribution in [0, 0.1) is 6.92 Å². The summed E-state index contributed by atoms with van der Waals surface area (Å²) in [5, 5.41) is 14.2. The maximum Gasteiger partial charge on any atom is 0.276 e. The van der Waals surface area contributed by atoms with Gasteiger partial charge in [-0.05, 0) is 31.1 Å². The normalized spacial score (nSPS) is 11.3. The Morgan fingerprint density at radius 1 is 0.912 bits per heavy atom. The summed E-state index contributed by atoms with van der Waals surface area (Å²) in [5.41, 5.74) is 4.16. The quantitative estimate of drug-likeness (QED) is 0.320. The lowest BCUT2D eigenvalue weighted by molar-refractivity contribution is -0.111. The van der Waals surface area contributed by atoms with E-state index in [1.807, 2.05) is 80.6 Å². The molecule has 0 bridgehead atoms. The SMILES string of the molecule is CCn1ncc(NC(=O)/C(=C\c2ccccc2)c2ccccc2)c1C(=O)Nc1cnn(C)c1C. The Labute approximate surface area is 197 Å². The molecule has 4 aromatic rings. The molecule has 0 aliphatic rings. The number of rotatable bonds is 7. The molecule has 0 fully saturated rings. The van der Waals surface area contributed by atoms with E-state index in [1.165, 1.54) is 6.20 Å². The van der Waals surface area contributed by atoms with Crippen LogP contribution in [0.2, 0.25) is 0 Å². The Balaban J connectivity index is 1.66. The lowest BCUT2D eigenvalue weighted by atomic mass is 10.0. The third-order valence-electron chi connectivity index (χ3n) is 5.53. The van der Waals surface area contributed by atoms with Crippen LogP contribution in [0.25, 0.3) is 11.6 Å². The third-order valence-corrected chi connectivity index (χ3v) is 5.53. The van der Waals surface area contributed by atoms with Gasteiger partial charge >= 0.3 is 0 Å². The number of carbonyl (C=O) groups excluding carboxylic acids is 2. The number of aromatic nitrogens is 4. The molecule has 0 aliphatic heterocycles. The monoisotopic (exact) mass is 454 g/mol. The van der Waals surface area contributed by atoms with Gasteiger partial charge in [-0.25, -0.2) is 0 Å². The zero-order chi connectivity index (χ0) is 24.1. The van der Waals surface area contributed by atoms with Crippen molar-refractivity contribution in [2.75, 3.05) is 10.6 Å². The first-order valence-corrected chi connectivity index (χ1v) is 11.0. The van der Waals surface area contributed by atoms with Gasteiger partial charge in [0, 0.05) is 19.2 Å². The summed E-state index contributed by atoms with van der Waals surface area (Å²) in [5.74, 6) is -0.712. The highest BCUT2D eigenvalue weighted by Gasteiger charge is 2.22. The molecule has 0 atom stereocenters. The van der Waals surface area contributed by atoms with Crippen LogP contribution in [0.3, 0.4) is 0 Å². The van der Waals surface area contributed by atoms with E-state index in [-0.39, 0.29) is 17.5 Å².